The maximum absolute atomic E-state index is 12.2. The number of amides is 1. The predicted molar refractivity (Wildman–Crippen MR) is 91.1 cm³/mol. The zero-order chi connectivity index (χ0) is 17.6. The first-order valence-corrected chi connectivity index (χ1v) is 9.01. The third kappa shape index (κ3) is 5.32. The monoisotopic (exact) mass is 349 g/mol. The number of benzene rings is 1. The van der Waals surface area contributed by atoms with Crippen molar-refractivity contribution in [2.45, 2.75) is 6.54 Å². The molecule has 0 bridgehead atoms. The van der Waals surface area contributed by atoms with Crippen molar-refractivity contribution < 1.29 is 17.9 Å². The van der Waals surface area contributed by atoms with Crippen LogP contribution in [0.2, 0.25) is 0 Å². The summed E-state index contributed by atoms with van der Waals surface area (Å²) in [5.41, 5.74) is 1.32. The zero-order valence-electron chi connectivity index (χ0n) is 13.5. The number of anilines is 1. The lowest BCUT2D eigenvalue weighted by Gasteiger charge is -2.19. The van der Waals surface area contributed by atoms with E-state index in [4.69, 9.17) is 4.74 Å². The lowest BCUT2D eigenvalue weighted by Crippen LogP contribution is -2.36. The Morgan fingerprint density at radius 3 is 2.33 bits per heavy atom. The van der Waals surface area contributed by atoms with Crippen LogP contribution in [0.5, 0.6) is 5.75 Å². The van der Waals surface area contributed by atoms with E-state index in [1.165, 1.54) is 0 Å². The Morgan fingerprint density at radius 1 is 1.17 bits per heavy atom. The van der Waals surface area contributed by atoms with E-state index >= 15 is 0 Å². The molecule has 8 heteroatoms. The Hall–Kier alpha value is -2.45. The molecule has 0 aliphatic heterocycles. The number of carbonyl (C=O) groups excluding carboxylic acids is 1. The minimum atomic E-state index is -3.53. The van der Waals surface area contributed by atoms with Gasteiger partial charge in [0.05, 0.1) is 19.9 Å². The number of pyridine rings is 1. The van der Waals surface area contributed by atoms with Crippen LogP contribution >= 0.6 is 0 Å². The number of ether oxygens (including phenoxy) is 1. The molecule has 1 heterocycles. The van der Waals surface area contributed by atoms with Gasteiger partial charge in [-0.15, -0.1) is 0 Å². The van der Waals surface area contributed by atoms with Gasteiger partial charge >= 0.3 is 0 Å². The summed E-state index contributed by atoms with van der Waals surface area (Å²) >= 11 is 0. The number of methoxy groups -OCH3 is 1. The van der Waals surface area contributed by atoms with E-state index in [0.29, 0.717) is 11.4 Å². The topological polar surface area (TPSA) is 88.6 Å². The summed E-state index contributed by atoms with van der Waals surface area (Å²) < 4.78 is 30.0. The number of aromatic nitrogens is 1. The summed E-state index contributed by atoms with van der Waals surface area (Å²) in [7, 11) is -1.98. The standard InChI is InChI=1S/C16H19N3O4S/c1-23-15-5-3-14(4-6-15)18-16(20)12-19(24(2,21)22)11-13-7-9-17-10-8-13/h3-10H,11-12H2,1-2H3,(H,18,20). The minimum Gasteiger partial charge on any atom is -0.497 e. The lowest BCUT2D eigenvalue weighted by molar-refractivity contribution is -0.116. The number of carbonyl (C=O) groups is 1. The summed E-state index contributed by atoms with van der Waals surface area (Å²) in [4.78, 5) is 16.0. The van der Waals surface area contributed by atoms with Gasteiger partial charge in [0.25, 0.3) is 0 Å². The van der Waals surface area contributed by atoms with Crippen molar-refractivity contribution in [3.8, 4) is 5.75 Å². The molecule has 128 valence electrons. The second-order valence-electron chi connectivity index (χ2n) is 5.16. The molecule has 1 amide bonds. The van der Waals surface area contributed by atoms with Crippen molar-refractivity contribution in [2.75, 3.05) is 25.2 Å². The van der Waals surface area contributed by atoms with Crippen molar-refractivity contribution in [3.63, 3.8) is 0 Å². The van der Waals surface area contributed by atoms with E-state index in [1.807, 2.05) is 0 Å². The Labute approximate surface area is 141 Å². The molecule has 0 spiro atoms. The van der Waals surface area contributed by atoms with Crippen molar-refractivity contribution in [2.24, 2.45) is 0 Å². The SMILES string of the molecule is COc1ccc(NC(=O)CN(Cc2ccncc2)S(C)(=O)=O)cc1. The van der Waals surface area contributed by atoms with Gasteiger partial charge in [0.1, 0.15) is 5.75 Å². The fraction of sp³-hybridized carbons (Fsp3) is 0.250. The lowest BCUT2D eigenvalue weighted by atomic mass is 10.2. The number of rotatable bonds is 7. The molecule has 0 saturated carbocycles. The highest BCUT2D eigenvalue weighted by molar-refractivity contribution is 7.88. The molecule has 2 rings (SSSR count). The highest BCUT2D eigenvalue weighted by atomic mass is 32.2. The van der Waals surface area contributed by atoms with Crippen LogP contribution in [0.15, 0.2) is 48.8 Å². The summed E-state index contributed by atoms with van der Waals surface area (Å²) in [5, 5.41) is 2.67. The van der Waals surface area contributed by atoms with Crippen molar-refractivity contribution in [3.05, 3.63) is 54.4 Å². The molecule has 0 fully saturated rings. The second kappa shape index (κ2) is 7.89. The van der Waals surface area contributed by atoms with E-state index in [9.17, 15) is 13.2 Å². The second-order valence-corrected chi connectivity index (χ2v) is 7.15. The van der Waals surface area contributed by atoms with Gasteiger partial charge in [0.15, 0.2) is 0 Å². The highest BCUT2D eigenvalue weighted by Crippen LogP contribution is 2.15. The van der Waals surface area contributed by atoms with E-state index in [1.54, 1.807) is 55.9 Å². The molecule has 1 aromatic carbocycles. The van der Waals surface area contributed by atoms with E-state index < -0.39 is 15.9 Å². The average Bonchev–Trinajstić information content (AvgIpc) is 2.55. The van der Waals surface area contributed by atoms with Crippen LogP contribution in [0.25, 0.3) is 0 Å². The van der Waals surface area contributed by atoms with Crippen molar-refractivity contribution in [1.29, 1.82) is 0 Å². The smallest absolute Gasteiger partial charge is 0.239 e. The van der Waals surface area contributed by atoms with Gasteiger partial charge in [0, 0.05) is 24.6 Å². The number of hydrogen-bond donors (Lipinski definition) is 1. The third-order valence-corrected chi connectivity index (χ3v) is 4.47. The van der Waals surface area contributed by atoms with E-state index in [-0.39, 0.29) is 13.1 Å². The molecule has 0 unspecified atom stereocenters. The predicted octanol–water partition coefficient (Wildman–Crippen LogP) is 1.49. The Morgan fingerprint density at radius 2 is 1.79 bits per heavy atom. The molecule has 0 atom stereocenters. The first-order chi connectivity index (χ1) is 11.4. The van der Waals surface area contributed by atoms with Gasteiger partial charge in [0.2, 0.25) is 15.9 Å². The fourth-order valence-corrected chi connectivity index (χ4v) is 2.75. The Balaban J connectivity index is 2.04. The minimum absolute atomic E-state index is 0.109. The van der Waals surface area contributed by atoms with Crippen molar-refractivity contribution in [1.82, 2.24) is 9.29 Å². The van der Waals surface area contributed by atoms with Crippen molar-refractivity contribution >= 4 is 21.6 Å². The van der Waals surface area contributed by atoms with Gasteiger partial charge in [-0.2, -0.15) is 4.31 Å². The van der Waals surface area contributed by atoms with Gasteiger partial charge in [-0.1, -0.05) is 0 Å². The molecule has 24 heavy (non-hydrogen) atoms. The number of nitrogens with zero attached hydrogens (tertiary/aromatic N) is 2. The first kappa shape index (κ1) is 17.9. The largest absolute Gasteiger partial charge is 0.497 e. The summed E-state index contributed by atoms with van der Waals surface area (Å²) in [6.07, 6.45) is 4.23. The van der Waals surface area contributed by atoms with Crippen LogP contribution in [0.3, 0.4) is 0 Å². The Bertz CT molecular complexity index is 777. The maximum atomic E-state index is 12.2. The van der Waals surface area contributed by atoms with Gasteiger partial charge < -0.3 is 10.1 Å². The average molecular weight is 349 g/mol. The van der Waals surface area contributed by atoms with E-state index in [0.717, 1.165) is 16.1 Å². The molecule has 1 aromatic heterocycles. The normalized spacial score (nSPS) is 11.3. The first-order valence-electron chi connectivity index (χ1n) is 7.16. The summed E-state index contributed by atoms with van der Waals surface area (Å²) in [6, 6.07) is 10.2. The molecule has 0 aliphatic rings. The fourth-order valence-electron chi connectivity index (χ4n) is 2.02. The molecule has 2 aromatic rings. The Kier molecular flexibility index (Phi) is 5.88. The van der Waals surface area contributed by atoms with Crippen LogP contribution in [0.4, 0.5) is 5.69 Å². The van der Waals surface area contributed by atoms with E-state index in [2.05, 4.69) is 10.3 Å². The van der Waals surface area contributed by atoms with Gasteiger partial charge in [-0.05, 0) is 42.0 Å². The van der Waals surface area contributed by atoms with Gasteiger partial charge in [-0.25, -0.2) is 8.42 Å². The summed E-state index contributed by atoms with van der Waals surface area (Å²) in [6.45, 7) is -0.162. The van der Waals surface area contributed by atoms with Crippen LogP contribution in [0, 0.1) is 0 Å². The number of sulfonamides is 1. The van der Waals surface area contributed by atoms with Crippen LogP contribution in [-0.4, -0.2) is 43.5 Å². The molecular formula is C16H19N3O4S. The molecule has 0 saturated heterocycles. The van der Waals surface area contributed by atoms with Crippen LogP contribution in [0.1, 0.15) is 5.56 Å². The molecule has 1 N–H and O–H groups in total. The highest BCUT2D eigenvalue weighted by Gasteiger charge is 2.20. The molecule has 0 radical (unpaired) electrons. The molecule has 7 nitrogen and oxygen atoms in total. The molecular weight excluding hydrogens is 330 g/mol. The van der Waals surface area contributed by atoms with Gasteiger partial charge in [-0.3, -0.25) is 9.78 Å². The molecule has 0 aliphatic carbocycles. The zero-order valence-corrected chi connectivity index (χ0v) is 14.3. The third-order valence-electron chi connectivity index (χ3n) is 3.27. The van der Waals surface area contributed by atoms with Crippen LogP contribution < -0.4 is 10.1 Å². The number of hydrogen-bond acceptors (Lipinski definition) is 5. The maximum Gasteiger partial charge on any atom is 0.239 e. The quantitative estimate of drug-likeness (QED) is 0.818. The van der Waals surface area contributed by atoms with Crippen LogP contribution in [-0.2, 0) is 21.4 Å². The number of nitrogens with one attached hydrogen (secondary N) is 1. The summed E-state index contributed by atoms with van der Waals surface area (Å²) in [5.74, 6) is 0.253.